The van der Waals surface area contributed by atoms with Crippen LogP contribution < -0.4 is 0 Å². The third-order valence-electron chi connectivity index (χ3n) is 4.23. The first-order valence-electron chi connectivity index (χ1n) is 7.97. The molecule has 0 N–H and O–H groups in total. The normalized spacial score (nSPS) is 26.2. The molecule has 0 amide bonds. The predicted octanol–water partition coefficient (Wildman–Crippen LogP) is 1.15. The largest absolute Gasteiger partial charge is 0.305 e. The molecule has 0 aliphatic carbocycles. The zero-order chi connectivity index (χ0) is 15.0. The van der Waals surface area contributed by atoms with Gasteiger partial charge in [0, 0.05) is 38.1 Å². The van der Waals surface area contributed by atoms with Crippen molar-refractivity contribution in [2.24, 2.45) is 0 Å². The van der Waals surface area contributed by atoms with E-state index in [0.29, 0.717) is 5.37 Å². The smallest absolute Gasteiger partial charge is 0.0499 e. The minimum atomic E-state index is 0.354. The van der Waals surface area contributed by atoms with Crippen molar-refractivity contribution in [3.63, 3.8) is 0 Å². The van der Waals surface area contributed by atoms with Crippen LogP contribution in [0, 0.1) is 0 Å². The fourth-order valence-electron chi connectivity index (χ4n) is 2.62. The van der Waals surface area contributed by atoms with Crippen molar-refractivity contribution >= 4 is 12.6 Å². The summed E-state index contributed by atoms with van der Waals surface area (Å²) < 4.78 is 0. The van der Waals surface area contributed by atoms with Gasteiger partial charge in [-0.25, -0.2) is 0 Å². The van der Waals surface area contributed by atoms with E-state index in [4.69, 9.17) is 0 Å². The molecule has 0 spiro atoms. The average Bonchev–Trinajstić information content (AvgIpc) is 2.39. The molecule has 0 aromatic rings. The maximum absolute atomic E-state index is 4.62. The maximum Gasteiger partial charge on any atom is 0.0499 e. The van der Waals surface area contributed by atoms with E-state index in [1.807, 2.05) is 0 Å². The van der Waals surface area contributed by atoms with Gasteiger partial charge in [-0.05, 0) is 60.5 Å². The highest BCUT2D eigenvalue weighted by Crippen LogP contribution is 2.06. The van der Waals surface area contributed by atoms with Gasteiger partial charge in [-0.2, -0.15) is 12.6 Å². The van der Waals surface area contributed by atoms with Crippen LogP contribution in [0.15, 0.2) is 0 Å². The SMILES string of the molecule is CC(S)N1CCCN(C)CCN(C)CCCN(C)CC1. The lowest BCUT2D eigenvalue weighted by Gasteiger charge is -2.30. The van der Waals surface area contributed by atoms with E-state index in [0.717, 1.165) is 19.6 Å². The number of thiol groups is 1. The van der Waals surface area contributed by atoms with Gasteiger partial charge in [0.05, 0.1) is 0 Å². The monoisotopic (exact) mass is 302 g/mol. The van der Waals surface area contributed by atoms with Gasteiger partial charge in [-0.1, -0.05) is 0 Å². The van der Waals surface area contributed by atoms with Gasteiger partial charge in [-0.3, -0.25) is 4.90 Å². The predicted molar refractivity (Wildman–Crippen MR) is 91.7 cm³/mol. The number of likely N-dealkylation sites (N-methyl/N-ethyl adjacent to an activating group) is 3. The summed E-state index contributed by atoms with van der Waals surface area (Å²) in [7, 11) is 6.72. The molecule has 1 aliphatic heterocycles. The van der Waals surface area contributed by atoms with E-state index >= 15 is 0 Å². The van der Waals surface area contributed by atoms with Crippen molar-refractivity contribution in [1.29, 1.82) is 0 Å². The van der Waals surface area contributed by atoms with Crippen molar-refractivity contribution in [1.82, 2.24) is 19.6 Å². The van der Waals surface area contributed by atoms with Crippen LogP contribution in [-0.4, -0.2) is 98.5 Å². The highest BCUT2D eigenvalue weighted by Gasteiger charge is 2.12. The molecule has 1 saturated heterocycles. The molecule has 120 valence electrons. The first kappa shape index (κ1) is 18.2. The van der Waals surface area contributed by atoms with Gasteiger partial charge in [0.15, 0.2) is 0 Å². The molecule has 0 aromatic heterocycles. The lowest BCUT2D eigenvalue weighted by atomic mass is 10.3. The van der Waals surface area contributed by atoms with Gasteiger partial charge in [0.1, 0.15) is 0 Å². The van der Waals surface area contributed by atoms with Crippen LogP contribution in [0.5, 0.6) is 0 Å². The molecule has 0 bridgehead atoms. The summed E-state index contributed by atoms with van der Waals surface area (Å²) >= 11 is 4.62. The standard InChI is InChI=1S/C15H34N4S/c1-15(20)19-10-6-9-17(3)12-11-16(2)7-5-8-18(4)13-14-19/h15,20H,5-14H2,1-4H3. The molecule has 0 aromatic carbocycles. The minimum absolute atomic E-state index is 0.354. The molecule has 5 heteroatoms. The Bertz CT molecular complexity index is 250. The zero-order valence-corrected chi connectivity index (χ0v) is 14.8. The number of nitrogens with zero attached hydrogens (tertiary/aromatic N) is 4. The second-order valence-electron chi connectivity index (χ2n) is 6.28. The molecule has 20 heavy (non-hydrogen) atoms. The molecule has 1 heterocycles. The summed E-state index contributed by atoms with van der Waals surface area (Å²) in [6.07, 6.45) is 2.49. The van der Waals surface area contributed by atoms with E-state index in [-0.39, 0.29) is 0 Å². The molecule has 1 aliphatic rings. The lowest BCUT2D eigenvalue weighted by Crippen LogP contribution is -2.40. The maximum atomic E-state index is 4.62. The summed E-state index contributed by atoms with van der Waals surface area (Å²) in [6.45, 7) is 11.5. The van der Waals surface area contributed by atoms with E-state index in [2.05, 4.69) is 60.3 Å². The summed E-state index contributed by atoms with van der Waals surface area (Å²) in [6, 6.07) is 0. The van der Waals surface area contributed by atoms with E-state index < -0.39 is 0 Å². The lowest BCUT2D eigenvalue weighted by molar-refractivity contribution is 0.187. The van der Waals surface area contributed by atoms with Crippen LogP contribution in [0.25, 0.3) is 0 Å². The fraction of sp³-hybridized carbons (Fsp3) is 1.00. The third kappa shape index (κ3) is 7.84. The third-order valence-corrected chi connectivity index (χ3v) is 4.55. The van der Waals surface area contributed by atoms with Crippen molar-refractivity contribution in [3.8, 4) is 0 Å². The first-order valence-corrected chi connectivity index (χ1v) is 8.48. The van der Waals surface area contributed by atoms with Crippen LogP contribution in [0.2, 0.25) is 0 Å². The molecular weight excluding hydrogens is 268 g/mol. The van der Waals surface area contributed by atoms with Gasteiger partial charge in [0.25, 0.3) is 0 Å². The number of hydrogen-bond donors (Lipinski definition) is 1. The van der Waals surface area contributed by atoms with Gasteiger partial charge < -0.3 is 14.7 Å². The van der Waals surface area contributed by atoms with E-state index in [1.54, 1.807) is 0 Å². The van der Waals surface area contributed by atoms with Crippen molar-refractivity contribution in [2.75, 3.05) is 73.5 Å². The van der Waals surface area contributed by atoms with Crippen LogP contribution in [-0.2, 0) is 0 Å². The Kier molecular flexibility index (Phi) is 9.13. The Morgan fingerprint density at radius 1 is 0.650 bits per heavy atom. The van der Waals surface area contributed by atoms with E-state index in [9.17, 15) is 0 Å². The Morgan fingerprint density at radius 2 is 1.05 bits per heavy atom. The zero-order valence-electron chi connectivity index (χ0n) is 13.9. The Hall–Kier alpha value is 0.190. The summed E-state index contributed by atoms with van der Waals surface area (Å²) in [5.41, 5.74) is 0. The van der Waals surface area contributed by atoms with E-state index in [1.165, 1.54) is 45.6 Å². The summed E-state index contributed by atoms with van der Waals surface area (Å²) in [5.74, 6) is 0. The molecule has 1 atom stereocenters. The van der Waals surface area contributed by atoms with Crippen LogP contribution >= 0.6 is 12.6 Å². The minimum Gasteiger partial charge on any atom is -0.305 e. The Morgan fingerprint density at radius 3 is 1.50 bits per heavy atom. The highest BCUT2D eigenvalue weighted by atomic mass is 32.1. The number of hydrogen-bond acceptors (Lipinski definition) is 5. The van der Waals surface area contributed by atoms with Crippen LogP contribution in [0.1, 0.15) is 19.8 Å². The Balaban J connectivity index is 2.48. The van der Waals surface area contributed by atoms with Gasteiger partial charge >= 0.3 is 0 Å². The first-order chi connectivity index (χ1) is 9.49. The highest BCUT2D eigenvalue weighted by molar-refractivity contribution is 7.80. The average molecular weight is 303 g/mol. The van der Waals surface area contributed by atoms with Crippen LogP contribution in [0.4, 0.5) is 0 Å². The molecule has 0 radical (unpaired) electrons. The second-order valence-corrected chi connectivity index (χ2v) is 7.03. The quantitative estimate of drug-likeness (QED) is 0.730. The molecule has 1 fully saturated rings. The summed E-state index contributed by atoms with van der Waals surface area (Å²) in [5, 5.41) is 0.354. The molecule has 1 unspecified atom stereocenters. The second kappa shape index (κ2) is 10.0. The van der Waals surface area contributed by atoms with Crippen LogP contribution in [0.3, 0.4) is 0 Å². The molecule has 1 rings (SSSR count). The Labute approximate surface area is 131 Å². The van der Waals surface area contributed by atoms with Crippen molar-refractivity contribution < 1.29 is 0 Å². The van der Waals surface area contributed by atoms with Gasteiger partial charge in [0.2, 0.25) is 0 Å². The van der Waals surface area contributed by atoms with Gasteiger partial charge in [-0.15, -0.1) is 0 Å². The van der Waals surface area contributed by atoms with Crippen molar-refractivity contribution in [2.45, 2.75) is 25.1 Å². The summed E-state index contributed by atoms with van der Waals surface area (Å²) in [4.78, 5) is 9.86. The molecular formula is C15H34N4S. The van der Waals surface area contributed by atoms with Crippen molar-refractivity contribution in [3.05, 3.63) is 0 Å². The topological polar surface area (TPSA) is 13.0 Å². The molecule has 4 nitrogen and oxygen atoms in total. The molecule has 0 saturated carbocycles. The number of rotatable bonds is 1. The fourth-order valence-corrected chi connectivity index (χ4v) is 2.85.